The summed E-state index contributed by atoms with van der Waals surface area (Å²) in [5.74, 6) is -0.557. The molecule has 0 amide bonds. The largest absolute Gasteiger partial charge is 0.338 e. The highest BCUT2D eigenvalue weighted by molar-refractivity contribution is 7.91. The van der Waals surface area contributed by atoms with Gasteiger partial charge in [-0.1, -0.05) is 17.4 Å². The van der Waals surface area contributed by atoms with Crippen LogP contribution >= 0.6 is 11.3 Å². The molecule has 0 unspecified atom stereocenters. The van der Waals surface area contributed by atoms with Gasteiger partial charge in [-0.2, -0.15) is 8.42 Å². The van der Waals surface area contributed by atoms with Crippen LogP contribution in [0.5, 0.6) is 0 Å². The van der Waals surface area contributed by atoms with E-state index in [4.69, 9.17) is 0 Å². The van der Waals surface area contributed by atoms with Crippen molar-refractivity contribution < 1.29 is 12.8 Å². The highest BCUT2D eigenvalue weighted by Gasteiger charge is 2.32. The maximum absolute atomic E-state index is 14.8. The van der Waals surface area contributed by atoms with E-state index in [2.05, 4.69) is 19.7 Å². The van der Waals surface area contributed by atoms with Crippen molar-refractivity contribution in [2.75, 3.05) is 17.1 Å². The Labute approximate surface area is 219 Å². The monoisotopic (exact) mass is 561 g/mol. The summed E-state index contributed by atoms with van der Waals surface area (Å²) in [4.78, 5) is 44.9. The van der Waals surface area contributed by atoms with Crippen LogP contribution in [0, 0.1) is 19.7 Å². The number of aromatic nitrogens is 4. The number of hydrogen-bond donors (Lipinski definition) is 3. The highest BCUT2D eigenvalue weighted by atomic mass is 32.2. The third kappa shape index (κ3) is 4.31. The number of nitrogens with zero attached hydrogens (tertiary/aromatic N) is 4. The van der Waals surface area contributed by atoms with Crippen LogP contribution < -0.4 is 31.6 Å². The summed E-state index contributed by atoms with van der Waals surface area (Å²) in [5.41, 5.74) is -0.923. The van der Waals surface area contributed by atoms with Gasteiger partial charge in [-0.3, -0.25) is 23.3 Å². The van der Waals surface area contributed by atoms with E-state index in [1.807, 2.05) is 0 Å². The standard InChI is InChI=1S/C23H24FN7O5S2/c1-11-5-8-15(14(24)9-11)27-19-17-18(12(2)20(32)29(19)4)31(23(34)30(21(17)33)13-6-7-13)16-10-26-22(37-16)28-38(35,36)25-3/h5,8-10,13,25,27H,6-7H2,1-4H3,(H,26,28). The predicted octanol–water partition coefficient (Wildman–Crippen LogP) is 2.02. The van der Waals surface area contributed by atoms with Gasteiger partial charge in [0.05, 0.1) is 17.4 Å². The Morgan fingerprint density at radius 1 is 1.13 bits per heavy atom. The number of hydrogen-bond acceptors (Lipinski definition) is 8. The average Bonchev–Trinajstić information content (AvgIpc) is 3.59. The molecule has 3 heterocycles. The summed E-state index contributed by atoms with van der Waals surface area (Å²) in [6.07, 6.45) is 2.53. The minimum Gasteiger partial charge on any atom is -0.338 e. The predicted molar refractivity (Wildman–Crippen MR) is 144 cm³/mol. The van der Waals surface area contributed by atoms with Gasteiger partial charge in [-0.15, -0.1) is 0 Å². The van der Waals surface area contributed by atoms with E-state index in [1.54, 1.807) is 13.0 Å². The molecule has 3 aromatic heterocycles. The van der Waals surface area contributed by atoms with E-state index in [1.165, 1.54) is 48.5 Å². The SMILES string of the molecule is CNS(=O)(=O)Nc1ncc(-n2c(=O)n(C3CC3)c(=O)c3c(Nc4ccc(C)cc4F)n(C)c(=O)c(C)c32)s1. The number of pyridine rings is 1. The number of rotatable bonds is 7. The van der Waals surface area contributed by atoms with Crippen LogP contribution in [0.25, 0.3) is 15.9 Å². The molecule has 0 atom stereocenters. The summed E-state index contributed by atoms with van der Waals surface area (Å²) in [6, 6.07) is 4.17. The lowest BCUT2D eigenvalue weighted by atomic mass is 10.1. The number of anilines is 3. The van der Waals surface area contributed by atoms with Gasteiger partial charge in [-0.25, -0.2) is 23.6 Å². The number of aryl methyl sites for hydroxylation is 2. The molecule has 38 heavy (non-hydrogen) atoms. The minimum atomic E-state index is -3.87. The number of thiazole rings is 1. The van der Waals surface area contributed by atoms with Gasteiger partial charge in [-0.05, 0) is 44.4 Å². The highest BCUT2D eigenvalue weighted by Crippen LogP contribution is 2.35. The Morgan fingerprint density at radius 3 is 2.47 bits per heavy atom. The molecule has 0 saturated heterocycles. The van der Waals surface area contributed by atoms with Gasteiger partial charge < -0.3 is 5.32 Å². The summed E-state index contributed by atoms with van der Waals surface area (Å²) in [5, 5.41) is 3.07. The Balaban J connectivity index is 1.85. The Hall–Kier alpha value is -3.82. The summed E-state index contributed by atoms with van der Waals surface area (Å²) >= 11 is 0.854. The number of halogens is 1. The molecule has 15 heteroatoms. The third-order valence-corrected chi connectivity index (χ3v) is 8.36. The molecule has 0 spiro atoms. The van der Waals surface area contributed by atoms with Crippen molar-refractivity contribution in [3.8, 4) is 5.00 Å². The van der Waals surface area contributed by atoms with E-state index >= 15 is 0 Å². The fourth-order valence-corrected chi connectivity index (χ4v) is 5.80. The van der Waals surface area contributed by atoms with E-state index < -0.39 is 32.8 Å². The Kier molecular flexibility index (Phi) is 6.24. The normalized spacial score (nSPS) is 13.7. The van der Waals surface area contributed by atoms with Crippen molar-refractivity contribution in [3.63, 3.8) is 0 Å². The van der Waals surface area contributed by atoms with Gasteiger partial charge >= 0.3 is 15.9 Å². The maximum atomic E-state index is 14.8. The smallest absolute Gasteiger partial charge is 0.337 e. The first kappa shape index (κ1) is 25.8. The van der Waals surface area contributed by atoms with Crippen LogP contribution in [0.3, 0.4) is 0 Å². The molecule has 200 valence electrons. The second-order valence-electron chi connectivity index (χ2n) is 9.01. The molecule has 3 N–H and O–H groups in total. The first-order valence-electron chi connectivity index (χ1n) is 11.5. The fraction of sp³-hybridized carbons (Fsp3) is 0.304. The molecule has 4 aromatic rings. The molecule has 0 aliphatic heterocycles. The van der Waals surface area contributed by atoms with Crippen molar-refractivity contribution in [1.29, 1.82) is 0 Å². The molecule has 1 saturated carbocycles. The Bertz CT molecular complexity index is 1900. The van der Waals surface area contributed by atoms with Crippen molar-refractivity contribution in [1.82, 2.24) is 23.4 Å². The molecule has 1 aliphatic rings. The van der Waals surface area contributed by atoms with Crippen LogP contribution in [0.2, 0.25) is 0 Å². The van der Waals surface area contributed by atoms with Crippen LogP contribution in [0.1, 0.15) is 30.0 Å². The van der Waals surface area contributed by atoms with E-state index in [0.29, 0.717) is 18.4 Å². The Morgan fingerprint density at radius 2 is 1.84 bits per heavy atom. The second kappa shape index (κ2) is 9.18. The molecule has 1 aromatic carbocycles. The van der Waals surface area contributed by atoms with Crippen molar-refractivity contribution in [3.05, 3.63) is 72.5 Å². The van der Waals surface area contributed by atoms with Crippen LogP contribution in [0.4, 0.5) is 21.0 Å². The average molecular weight is 562 g/mol. The van der Waals surface area contributed by atoms with E-state index in [0.717, 1.165) is 15.9 Å². The molecule has 12 nitrogen and oxygen atoms in total. The van der Waals surface area contributed by atoms with Crippen LogP contribution in [0.15, 0.2) is 38.8 Å². The van der Waals surface area contributed by atoms with E-state index in [9.17, 15) is 27.2 Å². The zero-order chi connectivity index (χ0) is 27.5. The molecule has 1 fully saturated rings. The lowest BCUT2D eigenvalue weighted by Gasteiger charge is -2.20. The quantitative estimate of drug-likeness (QED) is 0.313. The first-order valence-corrected chi connectivity index (χ1v) is 13.8. The van der Waals surface area contributed by atoms with E-state index in [-0.39, 0.29) is 44.1 Å². The van der Waals surface area contributed by atoms with Crippen molar-refractivity contribution >= 4 is 49.1 Å². The number of fused-ring (bicyclic) bond motifs is 1. The summed E-state index contributed by atoms with van der Waals surface area (Å²) in [6.45, 7) is 3.22. The van der Waals surface area contributed by atoms with Gasteiger partial charge in [0.25, 0.3) is 11.1 Å². The van der Waals surface area contributed by atoms with Gasteiger partial charge in [0, 0.05) is 25.7 Å². The summed E-state index contributed by atoms with van der Waals surface area (Å²) < 4.78 is 46.5. The van der Waals surface area contributed by atoms with Crippen molar-refractivity contribution in [2.45, 2.75) is 32.7 Å². The fourth-order valence-electron chi connectivity index (χ4n) is 4.25. The maximum Gasteiger partial charge on any atom is 0.337 e. The molecule has 0 bridgehead atoms. The van der Waals surface area contributed by atoms with Crippen LogP contribution in [-0.2, 0) is 17.3 Å². The second-order valence-corrected chi connectivity index (χ2v) is 11.6. The van der Waals surface area contributed by atoms with Crippen molar-refractivity contribution in [2.24, 2.45) is 7.05 Å². The topological polar surface area (TPSA) is 149 Å². The molecule has 0 radical (unpaired) electrons. The van der Waals surface area contributed by atoms with Gasteiger partial charge in [0.1, 0.15) is 22.0 Å². The molecule has 1 aliphatic carbocycles. The van der Waals surface area contributed by atoms with Crippen LogP contribution in [-0.4, -0.2) is 34.2 Å². The number of nitrogens with one attached hydrogen (secondary N) is 3. The minimum absolute atomic E-state index is 0.0156. The molecular weight excluding hydrogens is 537 g/mol. The zero-order valence-electron chi connectivity index (χ0n) is 20.8. The summed E-state index contributed by atoms with van der Waals surface area (Å²) in [7, 11) is -1.19. The molecule has 5 rings (SSSR count). The number of benzene rings is 1. The zero-order valence-corrected chi connectivity index (χ0v) is 22.5. The lowest BCUT2D eigenvalue weighted by Crippen LogP contribution is -2.41. The lowest BCUT2D eigenvalue weighted by molar-refractivity contribution is 0.593. The van der Waals surface area contributed by atoms with Gasteiger partial charge in [0.15, 0.2) is 5.13 Å². The van der Waals surface area contributed by atoms with Gasteiger partial charge in [0.2, 0.25) is 0 Å². The third-order valence-electron chi connectivity index (χ3n) is 6.34. The first-order chi connectivity index (χ1) is 17.9. The molecular formula is C23H24FN7O5S2.